The minimum absolute atomic E-state index is 0.192. The molecule has 0 aliphatic rings. The molecule has 0 aliphatic carbocycles. The lowest BCUT2D eigenvalue weighted by molar-refractivity contribution is -0.130. The molecule has 2 aromatic rings. The first-order valence-electron chi connectivity index (χ1n) is 13.2. The van der Waals surface area contributed by atoms with Crippen molar-refractivity contribution in [2.24, 2.45) is 0 Å². The Morgan fingerprint density at radius 1 is 0.538 bits per heavy atom. The maximum Gasteiger partial charge on any atom is 0.276 e. The van der Waals surface area contributed by atoms with Crippen LogP contribution in [0.5, 0.6) is 11.5 Å². The lowest BCUT2D eigenvalue weighted by atomic mass is 10.1. The monoisotopic (exact) mass is 540 g/mol. The average molecular weight is 541 g/mol. The van der Waals surface area contributed by atoms with Crippen molar-refractivity contribution in [3.8, 4) is 11.5 Å². The zero-order valence-corrected chi connectivity index (χ0v) is 23.3. The molecule has 39 heavy (non-hydrogen) atoms. The maximum atomic E-state index is 11.9. The second-order valence-electron chi connectivity index (χ2n) is 9.58. The summed E-state index contributed by atoms with van der Waals surface area (Å²) in [4.78, 5) is 47.7. The molecule has 212 valence electrons. The molecule has 2 rings (SSSR count). The molecule has 2 aromatic carbocycles. The van der Waals surface area contributed by atoms with Crippen LogP contribution >= 0.6 is 0 Å². The molecule has 0 aliphatic heterocycles. The van der Waals surface area contributed by atoms with Gasteiger partial charge >= 0.3 is 0 Å². The smallest absolute Gasteiger partial charge is 0.276 e. The molecule has 0 aromatic heterocycles. The molecule has 0 fully saturated rings. The lowest BCUT2D eigenvalue weighted by Gasteiger charge is -2.11. The fourth-order valence-corrected chi connectivity index (χ4v) is 3.59. The van der Waals surface area contributed by atoms with Gasteiger partial charge < -0.3 is 9.47 Å². The number of hydrogen-bond acceptors (Lipinski definition) is 6. The molecule has 4 amide bonds. The van der Waals surface area contributed by atoms with E-state index < -0.39 is 11.8 Å². The van der Waals surface area contributed by atoms with E-state index in [2.05, 4.69) is 21.7 Å². The predicted molar refractivity (Wildman–Crippen MR) is 148 cm³/mol. The van der Waals surface area contributed by atoms with E-state index in [1.54, 1.807) is 0 Å². The van der Waals surface area contributed by atoms with Crippen LogP contribution in [0.4, 0.5) is 0 Å². The molecule has 10 heteroatoms. The quantitative estimate of drug-likeness (QED) is 0.214. The van der Waals surface area contributed by atoms with Crippen molar-refractivity contribution in [1.29, 1.82) is 0 Å². The highest BCUT2D eigenvalue weighted by atomic mass is 16.5. The van der Waals surface area contributed by atoms with Crippen molar-refractivity contribution in [2.45, 2.75) is 72.6 Å². The van der Waals surface area contributed by atoms with Crippen LogP contribution in [-0.2, 0) is 19.2 Å². The van der Waals surface area contributed by atoms with Crippen LogP contribution in [0.3, 0.4) is 0 Å². The number of hydrazine groups is 2. The lowest BCUT2D eigenvalue weighted by Crippen LogP contribution is -2.43. The molecule has 0 atom stereocenters. The van der Waals surface area contributed by atoms with Crippen LogP contribution < -0.4 is 31.2 Å². The zero-order chi connectivity index (χ0) is 28.6. The molecule has 4 N–H and O–H groups in total. The summed E-state index contributed by atoms with van der Waals surface area (Å²) in [6, 6.07) is 11.5. The Morgan fingerprint density at radius 2 is 0.897 bits per heavy atom. The van der Waals surface area contributed by atoms with E-state index in [0.29, 0.717) is 24.3 Å². The van der Waals surface area contributed by atoms with E-state index in [-0.39, 0.29) is 37.9 Å². The predicted octanol–water partition coefficient (Wildman–Crippen LogP) is 3.40. The molecule has 0 radical (unpaired) electrons. The molecule has 0 spiro atoms. The highest BCUT2D eigenvalue weighted by Gasteiger charge is 2.09. The van der Waals surface area contributed by atoms with Crippen LogP contribution in [0.2, 0.25) is 0 Å². The SMILES string of the molecule is Cc1ccc(C)c(OCC(=O)NNC(=O)CCCCCCCC(=O)NNC(=O)COc2cc(C)ccc2C)c1. The molecule has 10 nitrogen and oxygen atoms in total. The Hall–Kier alpha value is -4.08. The number of nitrogens with one attached hydrogen (secondary N) is 4. The molecular weight excluding hydrogens is 500 g/mol. The molecule has 0 unspecified atom stereocenters. The van der Waals surface area contributed by atoms with Gasteiger partial charge in [0.15, 0.2) is 13.2 Å². The van der Waals surface area contributed by atoms with Gasteiger partial charge in [-0.2, -0.15) is 0 Å². The standard InChI is InChI=1S/C29H40N4O6/c1-20-12-14-22(3)24(16-20)38-18-28(36)32-30-26(34)10-8-6-5-7-9-11-27(35)31-33-29(37)19-39-25-17-21(2)13-15-23(25)4/h12-17H,5-11,18-19H2,1-4H3,(H,30,34)(H,31,35)(H,32,36)(H,33,37). The van der Waals surface area contributed by atoms with Crippen molar-refractivity contribution < 1.29 is 28.7 Å². The van der Waals surface area contributed by atoms with Crippen LogP contribution in [0.1, 0.15) is 67.2 Å². The van der Waals surface area contributed by atoms with Crippen molar-refractivity contribution in [1.82, 2.24) is 21.7 Å². The highest BCUT2D eigenvalue weighted by molar-refractivity contribution is 5.83. The van der Waals surface area contributed by atoms with Gasteiger partial charge in [0.25, 0.3) is 11.8 Å². The first-order chi connectivity index (χ1) is 18.6. The van der Waals surface area contributed by atoms with Gasteiger partial charge in [0, 0.05) is 12.8 Å². The molecule has 0 bridgehead atoms. The Morgan fingerprint density at radius 3 is 1.31 bits per heavy atom. The van der Waals surface area contributed by atoms with Crippen LogP contribution in [0.15, 0.2) is 36.4 Å². The van der Waals surface area contributed by atoms with Crippen molar-refractivity contribution in [2.75, 3.05) is 13.2 Å². The van der Waals surface area contributed by atoms with Gasteiger partial charge in [-0.05, 0) is 74.9 Å². The van der Waals surface area contributed by atoms with E-state index >= 15 is 0 Å². The minimum atomic E-state index is -0.437. The Kier molecular flexibility index (Phi) is 13.3. The molecular formula is C29H40N4O6. The number of aryl methyl sites for hydroxylation is 4. The third-order valence-corrected chi connectivity index (χ3v) is 5.90. The first-order valence-corrected chi connectivity index (χ1v) is 13.2. The summed E-state index contributed by atoms with van der Waals surface area (Å²) < 4.78 is 11.0. The van der Waals surface area contributed by atoms with Crippen LogP contribution in [0.25, 0.3) is 0 Å². The summed E-state index contributed by atoms with van der Waals surface area (Å²) in [5.41, 5.74) is 13.4. The average Bonchev–Trinajstić information content (AvgIpc) is 2.91. The molecule has 0 saturated heterocycles. The fourth-order valence-electron chi connectivity index (χ4n) is 3.59. The van der Waals surface area contributed by atoms with Gasteiger partial charge in [-0.3, -0.25) is 40.9 Å². The number of unbranched alkanes of at least 4 members (excludes halogenated alkanes) is 4. The highest BCUT2D eigenvalue weighted by Crippen LogP contribution is 2.19. The van der Waals surface area contributed by atoms with Gasteiger partial charge in [0.05, 0.1) is 0 Å². The fraction of sp³-hybridized carbons (Fsp3) is 0.448. The zero-order valence-electron chi connectivity index (χ0n) is 23.3. The Bertz CT molecular complexity index is 1050. The Labute approximate surface area is 230 Å². The number of benzene rings is 2. The first kappa shape index (κ1) is 31.1. The van der Waals surface area contributed by atoms with Crippen molar-refractivity contribution in [3.05, 3.63) is 58.7 Å². The van der Waals surface area contributed by atoms with Gasteiger partial charge in [0.2, 0.25) is 11.8 Å². The van der Waals surface area contributed by atoms with E-state index in [0.717, 1.165) is 41.5 Å². The van der Waals surface area contributed by atoms with E-state index in [1.807, 2.05) is 64.1 Å². The van der Waals surface area contributed by atoms with Crippen LogP contribution in [-0.4, -0.2) is 36.8 Å². The number of carbonyl (C=O) groups is 4. The topological polar surface area (TPSA) is 135 Å². The van der Waals surface area contributed by atoms with E-state index in [1.165, 1.54) is 0 Å². The maximum absolute atomic E-state index is 11.9. The summed E-state index contributed by atoms with van der Waals surface area (Å²) in [5.74, 6) is -0.145. The summed E-state index contributed by atoms with van der Waals surface area (Å²) in [6.07, 6.45) is 4.43. The van der Waals surface area contributed by atoms with Crippen molar-refractivity contribution in [3.63, 3.8) is 0 Å². The van der Waals surface area contributed by atoms with E-state index in [9.17, 15) is 19.2 Å². The Balaban J connectivity index is 1.45. The second kappa shape index (κ2) is 16.7. The van der Waals surface area contributed by atoms with Gasteiger partial charge in [-0.25, -0.2) is 0 Å². The number of rotatable bonds is 14. The summed E-state index contributed by atoms with van der Waals surface area (Å²) >= 11 is 0. The minimum Gasteiger partial charge on any atom is -0.483 e. The summed E-state index contributed by atoms with van der Waals surface area (Å²) in [5, 5.41) is 0. The number of ether oxygens (including phenoxy) is 2. The molecule has 0 heterocycles. The molecule has 0 saturated carbocycles. The number of carbonyl (C=O) groups excluding carboxylic acids is 4. The largest absolute Gasteiger partial charge is 0.483 e. The van der Waals surface area contributed by atoms with Crippen LogP contribution in [0, 0.1) is 27.7 Å². The van der Waals surface area contributed by atoms with Gasteiger partial charge in [0.1, 0.15) is 11.5 Å². The van der Waals surface area contributed by atoms with Gasteiger partial charge in [-0.1, -0.05) is 43.5 Å². The number of amides is 4. The van der Waals surface area contributed by atoms with Gasteiger partial charge in [-0.15, -0.1) is 0 Å². The second-order valence-corrected chi connectivity index (χ2v) is 9.58. The van der Waals surface area contributed by atoms with E-state index in [4.69, 9.17) is 9.47 Å². The third-order valence-electron chi connectivity index (χ3n) is 5.90. The number of hydrogen-bond donors (Lipinski definition) is 4. The normalized spacial score (nSPS) is 10.4. The summed E-state index contributed by atoms with van der Waals surface area (Å²) in [6.45, 7) is 7.30. The summed E-state index contributed by atoms with van der Waals surface area (Å²) in [7, 11) is 0. The third kappa shape index (κ3) is 12.8. The van der Waals surface area contributed by atoms with Crippen molar-refractivity contribution >= 4 is 23.6 Å².